The molecule has 0 aliphatic heterocycles. The van der Waals surface area contributed by atoms with Crippen LogP contribution in [0.2, 0.25) is 0 Å². The minimum atomic E-state index is -0.492. The van der Waals surface area contributed by atoms with Gasteiger partial charge in [0.2, 0.25) is 0 Å². The van der Waals surface area contributed by atoms with Crippen molar-refractivity contribution >= 4 is 23.5 Å². The maximum atomic E-state index is 12.0. The molecule has 1 heterocycles. The van der Waals surface area contributed by atoms with Crippen molar-refractivity contribution in [3.05, 3.63) is 52.2 Å². The van der Waals surface area contributed by atoms with Gasteiger partial charge in [0.15, 0.2) is 5.78 Å². The Balaban J connectivity index is 2.33. The molecule has 0 bridgehead atoms. The quantitative estimate of drug-likeness (QED) is 0.371. The van der Waals surface area contributed by atoms with Crippen LogP contribution in [0.25, 0.3) is 0 Å². The number of carbonyl (C=O) groups is 2. The molecule has 0 atom stereocenters. The Kier molecular flexibility index (Phi) is 7.59. The van der Waals surface area contributed by atoms with Crippen molar-refractivity contribution in [2.24, 2.45) is 0 Å². The molecule has 0 aliphatic rings. The predicted octanol–water partition coefficient (Wildman–Crippen LogP) is 4.33. The molecule has 0 saturated carbocycles. The van der Waals surface area contributed by atoms with Crippen LogP contribution in [0, 0.1) is 18.3 Å². The number of hydrogen-bond donors (Lipinski definition) is 0. The van der Waals surface area contributed by atoms with Gasteiger partial charge in [-0.3, -0.25) is 4.79 Å². The maximum absolute atomic E-state index is 12.0. The van der Waals surface area contributed by atoms with Crippen molar-refractivity contribution in [2.75, 3.05) is 13.2 Å². The number of carbonyl (C=O) groups excluding carboxylic acids is 2. The van der Waals surface area contributed by atoms with E-state index >= 15 is 0 Å². The fourth-order valence-corrected chi connectivity index (χ4v) is 3.52. The number of nitrogens with zero attached hydrogens (tertiary/aromatic N) is 2. The van der Waals surface area contributed by atoms with Crippen molar-refractivity contribution in [3.8, 4) is 11.8 Å². The zero-order valence-corrected chi connectivity index (χ0v) is 17.2. The van der Waals surface area contributed by atoms with Crippen LogP contribution in [0.1, 0.15) is 58.3 Å². The molecule has 0 fully saturated rings. The third kappa shape index (κ3) is 5.11. The zero-order chi connectivity index (χ0) is 20.7. The van der Waals surface area contributed by atoms with Crippen LogP contribution in [0.5, 0.6) is 5.75 Å². The first-order valence-electron chi connectivity index (χ1n) is 8.89. The molecule has 1 aromatic heterocycles. The molecule has 0 radical (unpaired) electrons. The third-order valence-corrected chi connectivity index (χ3v) is 4.97. The fourth-order valence-electron chi connectivity index (χ4n) is 2.54. The van der Waals surface area contributed by atoms with E-state index in [1.807, 2.05) is 6.92 Å². The summed E-state index contributed by atoms with van der Waals surface area (Å²) < 4.78 is 10.7. The molecule has 2 rings (SSSR count). The van der Waals surface area contributed by atoms with E-state index < -0.39 is 5.97 Å². The molecule has 6 nitrogen and oxygen atoms in total. The number of esters is 1. The number of rotatable bonds is 8. The predicted molar refractivity (Wildman–Crippen MR) is 107 cm³/mol. The highest BCUT2D eigenvalue weighted by atomic mass is 32.2. The lowest BCUT2D eigenvalue weighted by Gasteiger charge is -2.12. The van der Waals surface area contributed by atoms with Gasteiger partial charge in [-0.2, -0.15) is 5.26 Å². The van der Waals surface area contributed by atoms with E-state index in [4.69, 9.17) is 9.47 Å². The SMILES string of the molecule is CCOC(=O)c1cc(C#N)c(SCc2cc(C(C)=O)ccc2OCC)nc1C. The summed E-state index contributed by atoms with van der Waals surface area (Å²) in [5.74, 6) is 0.641. The van der Waals surface area contributed by atoms with Gasteiger partial charge >= 0.3 is 5.97 Å². The highest BCUT2D eigenvalue weighted by Gasteiger charge is 2.17. The molecule has 7 heteroatoms. The summed E-state index contributed by atoms with van der Waals surface area (Å²) in [6, 6.07) is 8.92. The minimum absolute atomic E-state index is 0.0280. The van der Waals surface area contributed by atoms with Crippen LogP contribution in [0.4, 0.5) is 0 Å². The molecule has 0 unspecified atom stereocenters. The molecular formula is C21H22N2O4S. The Morgan fingerprint density at radius 1 is 1.21 bits per heavy atom. The number of ketones is 1. The Bertz CT molecular complexity index is 935. The molecular weight excluding hydrogens is 376 g/mol. The van der Waals surface area contributed by atoms with E-state index in [9.17, 15) is 14.9 Å². The zero-order valence-electron chi connectivity index (χ0n) is 16.4. The topological polar surface area (TPSA) is 89.3 Å². The van der Waals surface area contributed by atoms with Gasteiger partial charge in [0.05, 0.1) is 30.0 Å². The second-order valence-corrected chi connectivity index (χ2v) is 6.87. The van der Waals surface area contributed by atoms with E-state index in [-0.39, 0.29) is 18.0 Å². The fraction of sp³-hybridized carbons (Fsp3) is 0.333. The van der Waals surface area contributed by atoms with Gasteiger partial charge in [0.25, 0.3) is 0 Å². The smallest absolute Gasteiger partial charge is 0.340 e. The monoisotopic (exact) mass is 398 g/mol. The summed E-state index contributed by atoms with van der Waals surface area (Å²) in [5.41, 5.74) is 2.54. The molecule has 0 amide bonds. The lowest BCUT2D eigenvalue weighted by molar-refractivity contribution is 0.0524. The number of thioether (sulfide) groups is 1. The molecule has 28 heavy (non-hydrogen) atoms. The highest BCUT2D eigenvalue weighted by Crippen LogP contribution is 2.31. The van der Waals surface area contributed by atoms with Gasteiger partial charge in [0.1, 0.15) is 16.8 Å². The Morgan fingerprint density at radius 2 is 1.96 bits per heavy atom. The second-order valence-electron chi connectivity index (χ2n) is 5.91. The average molecular weight is 398 g/mol. The van der Waals surface area contributed by atoms with Crippen LogP contribution in [-0.2, 0) is 10.5 Å². The van der Waals surface area contributed by atoms with Crippen molar-refractivity contribution in [2.45, 2.75) is 38.5 Å². The first-order valence-corrected chi connectivity index (χ1v) is 9.88. The first kappa shape index (κ1) is 21.5. The highest BCUT2D eigenvalue weighted by molar-refractivity contribution is 7.98. The molecule has 146 valence electrons. The molecule has 0 spiro atoms. The van der Waals surface area contributed by atoms with Gasteiger partial charge in [-0.05, 0) is 52.0 Å². The molecule has 0 N–H and O–H groups in total. The number of aromatic nitrogens is 1. The third-order valence-electron chi connectivity index (χ3n) is 3.93. The summed E-state index contributed by atoms with van der Waals surface area (Å²) in [4.78, 5) is 28.1. The standard InChI is InChI=1S/C21H22N2O4S/c1-5-26-19-8-7-15(14(4)24)9-17(19)12-28-20-16(11-22)10-18(13(3)23-20)21(25)27-6-2/h7-10H,5-6,12H2,1-4H3. The summed E-state index contributed by atoms with van der Waals surface area (Å²) in [7, 11) is 0. The largest absolute Gasteiger partial charge is 0.494 e. The van der Waals surface area contributed by atoms with Gasteiger partial charge in [0, 0.05) is 16.9 Å². The van der Waals surface area contributed by atoms with E-state index in [2.05, 4.69) is 11.1 Å². The first-order chi connectivity index (χ1) is 13.4. The number of aryl methyl sites for hydroxylation is 1. The van der Waals surface area contributed by atoms with Gasteiger partial charge in [-0.1, -0.05) is 0 Å². The number of Topliss-reactive ketones (excluding diaryl/α,β-unsaturated/α-hetero) is 1. The number of hydrogen-bond acceptors (Lipinski definition) is 7. The number of pyridine rings is 1. The summed E-state index contributed by atoms with van der Waals surface area (Å²) in [5, 5.41) is 9.99. The van der Waals surface area contributed by atoms with Gasteiger partial charge in [-0.15, -0.1) is 11.8 Å². The van der Waals surface area contributed by atoms with Crippen LogP contribution in [0.3, 0.4) is 0 Å². The Morgan fingerprint density at radius 3 is 2.57 bits per heavy atom. The Hall–Kier alpha value is -2.85. The number of benzene rings is 1. The molecule has 0 aliphatic carbocycles. The summed E-state index contributed by atoms with van der Waals surface area (Å²) in [6.45, 7) is 7.60. The van der Waals surface area contributed by atoms with Gasteiger partial charge in [-0.25, -0.2) is 9.78 Å². The lowest BCUT2D eigenvalue weighted by atomic mass is 10.1. The van der Waals surface area contributed by atoms with Crippen molar-refractivity contribution < 1.29 is 19.1 Å². The Labute approximate surface area is 168 Å². The second kappa shape index (κ2) is 9.90. The molecule has 0 saturated heterocycles. The van der Waals surface area contributed by atoms with Crippen molar-refractivity contribution in [1.82, 2.24) is 4.98 Å². The summed E-state index contributed by atoms with van der Waals surface area (Å²) in [6.07, 6.45) is 0. The minimum Gasteiger partial charge on any atom is -0.494 e. The molecule has 1 aromatic carbocycles. The molecule has 2 aromatic rings. The van der Waals surface area contributed by atoms with Crippen LogP contribution >= 0.6 is 11.8 Å². The number of ether oxygens (including phenoxy) is 2. The lowest BCUT2D eigenvalue weighted by Crippen LogP contribution is -2.09. The summed E-state index contributed by atoms with van der Waals surface area (Å²) >= 11 is 1.36. The van der Waals surface area contributed by atoms with Gasteiger partial charge < -0.3 is 9.47 Å². The van der Waals surface area contributed by atoms with Crippen molar-refractivity contribution in [1.29, 1.82) is 5.26 Å². The van der Waals surface area contributed by atoms with Crippen LogP contribution in [0.15, 0.2) is 29.3 Å². The maximum Gasteiger partial charge on any atom is 0.340 e. The van der Waals surface area contributed by atoms with E-state index in [0.29, 0.717) is 40.0 Å². The van der Waals surface area contributed by atoms with Crippen LogP contribution in [-0.4, -0.2) is 30.0 Å². The van der Waals surface area contributed by atoms with Crippen molar-refractivity contribution in [3.63, 3.8) is 0 Å². The van der Waals surface area contributed by atoms with E-state index in [1.165, 1.54) is 24.8 Å². The average Bonchev–Trinajstić information content (AvgIpc) is 2.67. The number of nitriles is 1. The normalized spacial score (nSPS) is 10.2. The van der Waals surface area contributed by atoms with E-state index in [1.54, 1.807) is 32.0 Å². The van der Waals surface area contributed by atoms with E-state index in [0.717, 1.165) is 5.56 Å². The van der Waals surface area contributed by atoms with Crippen LogP contribution < -0.4 is 4.74 Å².